The van der Waals surface area contributed by atoms with Crippen LogP contribution in [0.15, 0.2) is 22.1 Å². The quantitative estimate of drug-likeness (QED) is 0.425. The second-order valence-corrected chi connectivity index (χ2v) is 8.43. The Bertz CT molecular complexity index is 1020. The Morgan fingerprint density at radius 2 is 2.12 bits per heavy atom. The van der Waals surface area contributed by atoms with Crippen molar-refractivity contribution in [1.82, 2.24) is 9.78 Å². The molecule has 1 N–H and O–H groups in total. The molecule has 0 bridgehead atoms. The van der Waals surface area contributed by atoms with Crippen LogP contribution in [-0.2, 0) is 21.7 Å². The van der Waals surface area contributed by atoms with E-state index in [-0.39, 0.29) is 26.2 Å². The number of aliphatic carboxylic acids is 1. The number of carboxylic acids is 1. The van der Waals surface area contributed by atoms with Crippen LogP contribution in [0, 0.1) is 15.9 Å². The molecule has 0 atom stereocenters. The van der Waals surface area contributed by atoms with Crippen molar-refractivity contribution in [3.63, 3.8) is 0 Å². The van der Waals surface area contributed by atoms with Crippen molar-refractivity contribution in [3.05, 3.63) is 33.1 Å². The Kier molecular flexibility index (Phi) is 5.58. The highest BCUT2D eigenvalue weighted by Crippen LogP contribution is 2.39. The predicted molar refractivity (Wildman–Crippen MR) is 91.7 cm³/mol. The summed E-state index contributed by atoms with van der Waals surface area (Å²) in [4.78, 5) is 20.8. The number of nitro benzene ring substituents is 1. The summed E-state index contributed by atoms with van der Waals surface area (Å²) in [5.74, 6) is -2.75. The number of nitrogens with zero attached hydrogens (tertiary/aromatic N) is 3. The molecule has 0 aliphatic heterocycles. The van der Waals surface area contributed by atoms with Gasteiger partial charge in [-0.05, 0) is 6.07 Å². The number of hydrogen-bond acceptors (Lipinski definition) is 7. The van der Waals surface area contributed by atoms with Gasteiger partial charge in [-0.3, -0.25) is 19.6 Å². The zero-order valence-electron chi connectivity index (χ0n) is 13.3. The third-order valence-corrected chi connectivity index (χ3v) is 5.81. The summed E-state index contributed by atoms with van der Waals surface area (Å²) in [6, 6.07) is 1.64. The number of aryl methyl sites for hydroxylation is 1. The summed E-state index contributed by atoms with van der Waals surface area (Å²) in [6.07, 6.45) is 0.903. The van der Waals surface area contributed by atoms with Crippen LogP contribution < -0.4 is 0 Å². The molecular weight excluding hydrogens is 413 g/mol. The summed E-state index contributed by atoms with van der Waals surface area (Å²) in [5, 5.41) is 23.0. The second kappa shape index (κ2) is 7.21. The third-order valence-electron chi connectivity index (χ3n) is 3.14. The first kappa shape index (κ1) is 20.1. The molecule has 0 saturated carbocycles. The zero-order valence-corrected chi connectivity index (χ0v) is 15.7. The first-order valence-corrected chi connectivity index (χ1v) is 9.94. The predicted octanol–water partition coefficient (Wildman–Crippen LogP) is 2.37. The number of carbonyl (C=O) groups is 1. The highest BCUT2D eigenvalue weighted by molar-refractivity contribution is 8.00. The molecule has 2 aromatic rings. The first-order chi connectivity index (χ1) is 11.9. The minimum absolute atomic E-state index is 0.114. The van der Waals surface area contributed by atoms with Crippen LogP contribution in [0.4, 0.5) is 10.1 Å². The topological polar surface area (TPSA) is 132 Å². The van der Waals surface area contributed by atoms with Gasteiger partial charge in [0.05, 0.1) is 21.6 Å². The SMILES string of the molecule is Cn1nc(-c2cc(SCC(=O)O)c([N+](=O)[O-])cc2F)c(Cl)c1S(C)(=O)=O. The average Bonchev–Trinajstić information content (AvgIpc) is 2.79. The van der Waals surface area contributed by atoms with Crippen molar-refractivity contribution in [2.75, 3.05) is 12.0 Å². The molecule has 0 aliphatic carbocycles. The highest BCUT2D eigenvalue weighted by Gasteiger charge is 2.27. The van der Waals surface area contributed by atoms with E-state index in [2.05, 4.69) is 5.10 Å². The maximum absolute atomic E-state index is 14.4. The molecule has 140 valence electrons. The first-order valence-electron chi connectivity index (χ1n) is 6.69. The number of benzene rings is 1. The van der Waals surface area contributed by atoms with Crippen molar-refractivity contribution in [2.24, 2.45) is 7.05 Å². The number of nitro groups is 1. The van der Waals surface area contributed by atoms with Crippen LogP contribution in [0.1, 0.15) is 0 Å². The van der Waals surface area contributed by atoms with Crippen LogP contribution in [0.2, 0.25) is 5.02 Å². The Labute approximate surface area is 155 Å². The van der Waals surface area contributed by atoms with Gasteiger partial charge >= 0.3 is 5.97 Å². The van der Waals surface area contributed by atoms with Crippen molar-refractivity contribution in [1.29, 1.82) is 0 Å². The van der Waals surface area contributed by atoms with E-state index in [1.54, 1.807) is 0 Å². The van der Waals surface area contributed by atoms with E-state index in [9.17, 15) is 27.7 Å². The molecule has 2 rings (SSSR count). The number of sulfone groups is 1. The fraction of sp³-hybridized carbons (Fsp3) is 0.231. The van der Waals surface area contributed by atoms with Gasteiger partial charge in [-0.25, -0.2) is 12.8 Å². The molecule has 26 heavy (non-hydrogen) atoms. The number of thioether (sulfide) groups is 1. The molecule has 0 aliphatic rings. The Morgan fingerprint density at radius 3 is 2.58 bits per heavy atom. The van der Waals surface area contributed by atoms with Gasteiger partial charge in [-0.15, -0.1) is 11.8 Å². The van der Waals surface area contributed by atoms with E-state index in [4.69, 9.17) is 16.7 Å². The van der Waals surface area contributed by atoms with Crippen LogP contribution in [0.25, 0.3) is 11.3 Å². The number of carboxylic acid groups (broad SMARTS) is 1. The molecule has 0 saturated heterocycles. The lowest BCUT2D eigenvalue weighted by Crippen LogP contribution is -2.05. The summed E-state index contributed by atoms with van der Waals surface area (Å²) in [5.41, 5.74) is -1.12. The Balaban J connectivity index is 2.69. The highest BCUT2D eigenvalue weighted by atomic mass is 35.5. The molecule has 0 fully saturated rings. The van der Waals surface area contributed by atoms with E-state index < -0.39 is 38.0 Å². The number of rotatable bonds is 6. The maximum Gasteiger partial charge on any atom is 0.313 e. The van der Waals surface area contributed by atoms with Crippen molar-refractivity contribution in [3.8, 4) is 11.3 Å². The standard InChI is InChI=1S/C13H11ClFN3O6S2/c1-17-13(26(2,23)24)11(14)12(16-17)6-3-9(25-5-10(19)20)8(18(21)22)4-7(6)15/h3-4H,5H2,1-2H3,(H,19,20). The van der Waals surface area contributed by atoms with Gasteiger partial charge in [-0.2, -0.15) is 5.10 Å². The van der Waals surface area contributed by atoms with E-state index in [0.29, 0.717) is 17.8 Å². The fourth-order valence-corrected chi connectivity index (χ4v) is 4.57. The number of halogens is 2. The normalized spacial score (nSPS) is 11.5. The molecule has 1 aromatic heterocycles. The van der Waals surface area contributed by atoms with Crippen LogP contribution in [0.5, 0.6) is 0 Å². The smallest absolute Gasteiger partial charge is 0.313 e. The van der Waals surface area contributed by atoms with Crippen LogP contribution >= 0.6 is 23.4 Å². The third kappa shape index (κ3) is 3.97. The van der Waals surface area contributed by atoms with Gasteiger partial charge in [0.1, 0.15) is 16.5 Å². The molecular formula is C13H11ClFN3O6S2. The van der Waals surface area contributed by atoms with E-state index in [1.807, 2.05) is 0 Å². The van der Waals surface area contributed by atoms with E-state index in [1.165, 1.54) is 7.05 Å². The van der Waals surface area contributed by atoms with Gasteiger partial charge in [0.15, 0.2) is 14.9 Å². The summed E-state index contributed by atoms with van der Waals surface area (Å²) in [7, 11) is -2.46. The maximum atomic E-state index is 14.4. The lowest BCUT2D eigenvalue weighted by Gasteiger charge is -2.06. The van der Waals surface area contributed by atoms with Gasteiger partial charge < -0.3 is 5.11 Å². The lowest BCUT2D eigenvalue weighted by molar-refractivity contribution is -0.387. The van der Waals surface area contributed by atoms with Gasteiger partial charge in [0.2, 0.25) is 0 Å². The zero-order chi connectivity index (χ0) is 19.8. The van der Waals surface area contributed by atoms with Crippen molar-refractivity contribution >= 4 is 44.9 Å². The minimum Gasteiger partial charge on any atom is -0.481 e. The molecule has 0 radical (unpaired) electrons. The minimum atomic E-state index is -3.76. The second-order valence-electron chi connectivity index (χ2n) is 5.10. The molecule has 9 nitrogen and oxygen atoms in total. The molecule has 13 heteroatoms. The molecule has 0 amide bonds. The van der Waals surface area contributed by atoms with Gasteiger partial charge in [-0.1, -0.05) is 11.6 Å². The Hall–Kier alpha value is -2.18. The monoisotopic (exact) mass is 423 g/mol. The van der Waals surface area contributed by atoms with E-state index >= 15 is 0 Å². The fourth-order valence-electron chi connectivity index (χ4n) is 2.18. The molecule has 1 heterocycles. The lowest BCUT2D eigenvalue weighted by atomic mass is 10.1. The number of aromatic nitrogens is 2. The molecule has 1 aromatic carbocycles. The molecule has 0 unspecified atom stereocenters. The van der Waals surface area contributed by atoms with Crippen LogP contribution in [-0.4, -0.2) is 46.2 Å². The van der Waals surface area contributed by atoms with Gasteiger partial charge in [0.25, 0.3) is 5.69 Å². The van der Waals surface area contributed by atoms with E-state index in [0.717, 1.165) is 17.0 Å². The van der Waals surface area contributed by atoms with Crippen molar-refractivity contribution < 1.29 is 27.6 Å². The number of hydrogen-bond donors (Lipinski definition) is 1. The molecule has 0 spiro atoms. The van der Waals surface area contributed by atoms with Gasteiger partial charge in [0, 0.05) is 18.9 Å². The van der Waals surface area contributed by atoms with Crippen molar-refractivity contribution in [2.45, 2.75) is 9.92 Å². The largest absolute Gasteiger partial charge is 0.481 e. The summed E-state index contributed by atoms with van der Waals surface area (Å²) < 4.78 is 38.9. The summed E-state index contributed by atoms with van der Waals surface area (Å²) >= 11 is 6.66. The average molecular weight is 424 g/mol. The Morgan fingerprint density at radius 1 is 1.50 bits per heavy atom. The van der Waals surface area contributed by atoms with Crippen LogP contribution in [0.3, 0.4) is 0 Å². The summed E-state index contributed by atoms with van der Waals surface area (Å²) in [6.45, 7) is 0.